The van der Waals surface area contributed by atoms with Gasteiger partial charge in [0.1, 0.15) is 5.75 Å². The van der Waals surface area contributed by atoms with E-state index in [1.54, 1.807) is 7.11 Å². The molecular formula is C22H29N3O2. The molecular weight excluding hydrogens is 338 g/mol. The van der Waals surface area contributed by atoms with Gasteiger partial charge in [0.25, 0.3) is 0 Å². The van der Waals surface area contributed by atoms with Crippen molar-refractivity contribution in [2.75, 3.05) is 50.1 Å². The summed E-state index contributed by atoms with van der Waals surface area (Å²) in [4.78, 5) is 17.0. The van der Waals surface area contributed by atoms with Crippen LogP contribution in [0.4, 0.5) is 11.4 Å². The van der Waals surface area contributed by atoms with Gasteiger partial charge in [0.2, 0.25) is 5.91 Å². The van der Waals surface area contributed by atoms with Crippen LogP contribution in [0.25, 0.3) is 0 Å². The predicted molar refractivity (Wildman–Crippen MR) is 111 cm³/mol. The van der Waals surface area contributed by atoms with E-state index >= 15 is 0 Å². The van der Waals surface area contributed by atoms with Crippen molar-refractivity contribution in [3.63, 3.8) is 0 Å². The normalized spacial score (nSPS) is 15.0. The van der Waals surface area contributed by atoms with E-state index in [4.69, 9.17) is 4.74 Å². The Balaban J connectivity index is 1.50. The van der Waals surface area contributed by atoms with Crippen LogP contribution >= 0.6 is 0 Å². The molecule has 1 saturated heterocycles. The fourth-order valence-corrected chi connectivity index (χ4v) is 3.35. The molecule has 1 heterocycles. The van der Waals surface area contributed by atoms with E-state index in [2.05, 4.69) is 53.2 Å². The summed E-state index contributed by atoms with van der Waals surface area (Å²) < 4.78 is 5.31. The lowest BCUT2D eigenvalue weighted by atomic mass is 10.0. The summed E-state index contributed by atoms with van der Waals surface area (Å²) >= 11 is 0. The summed E-state index contributed by atoms with van der Waals surface area (Å²) in [5, 5.41) is 3.03. The zero-order valence-electron chi connectivity index (χ0n) is 16.4. The zero-order chi connectivity index (χ0) is 19.2. The first-order valence-electron chi connectivity index (χ1n) is 9.56. The van der Waals surface area contributed by atoms with Crippen molar-refractivity contribution >= 4 is 17.3 Å². The number of piperazine rings is 1. The summed E-state index contributed by atoms with van der Waals surface area (Å²) in [5.41, 5.74) is 3.28. The van der Waals surface area contributed by atoms with E-state index < -0.39 is 0 Å². The number of hydrogen-bond donors (Lipinski definition) is 1. The molecule has 5 nitrogen and oxygen atoms in total. The largest absolute Gasteiger partial charge is 0.497 e. The predicted octanol–water partition coefficient (Wildman–Crippen LogP) is 3.58. The molecule has 1 aliphatic rings. The minimum Gasteiger partial charge on any atom is -0.497 e. The second kappa shape index (κ2) is 8.91. The molecule has 5 heteroatoms. The molecule has 1 aliphatic heterocycles. The van der Waals surface area contributed by atoms with Crippen LogP contribution in [0.5, 0.6) is 5.75 Å². The number of anilines is 2. The van der Waals surface area contributed by atoms with Crippen molar-refractivity contribution in [1.82, 2.24) is 4.90 Å². The first-order chi connectivity index (χ1) is 13.0. The van der Waals surface area contributed by atoms with Gasteiger partial charge in [-0.3, -0.25) is 9.69 Å². The van der Waals surface area contributed by atoms with Crippen LogP contribution in [0.3, 0.4) is 0 Å². The third-order valence-corrected chi connectivity index (χ3v) is 5.00. The lowest BCUT2D eigenvalue weighted by Crippen LogP contribution is -2.48. The number of benzene rings is 2. The molecule has 2 aromatic carbocycles. The van der Waals surface area contributed by atoms with E-state index in [9.17, 15) is 4.79 Å². The van der Waals surface area contributed by atoms with Gasteiger partial charge in [-0.1, -0.05) is 32.0 Å². The van der Waals surface area contributed by atoms with Crippen molar-refractivity contribution in [3.8, 4) is 5.75 Å². The number of nitrogens with zero attached hydrogens (tertiary/aromatic N) is 2. The lowest BCUT2D eigenvalue weighted by molar-refractivity contribution is -0.117. The van der Waals surface area contributed by atoms with Gasteiger partial charge < -0.3 is 15.0 Å². The number of carbonyl (C=O) groups excluding carboxylic acids is 1. The van der Waals surface area contributed by atoms with Crippen LogP contribution in [0.2, 0.25) is 0 Å². The van der Waals surface area contributed by atoms with Crippen molar-refractivity contribution in [3.05, 3.63) is 54.1 Å². The minimum atomic E-state index is 0.0470. The van der Waals surface area contributed by atoms with Gasteiger partial charge in [-0.05, 0) is 35.7 Å². The minimum absolute atomic E-state index is 0.0470. The molecule has 27 heavy (non-hydrogen) atoms. The number of methoxy groups -OCH3 is 1. The van der Waals surface area contributed by atoms with Crippen LogP contribution in [0.1, 0.15) is 25.3 Å². The average Bonchev–Trinajstić information content (AvgIpc) is 2.68. The van der Waals surface area contributed by atoms with E-state index in [1.807, 2.05) is 24.3 Å². The first-order valence-corrected chi connectivity index (χ1v) is 9.56. The summed E-state index contributed by atoms with van der Waals surface area (Å²) in [5.74, 6) is 1.37. The Bertz CT molecular complexity index is 768. The quantitative estimate of drug-likeness (QED) is 0.848. The van der Waals surface area contributed by atoms with Gasteiger partial charge in [0.15, 0.2) is 0 Å². The SMILES string of the molecule is COc1cccc(N2CCN(CC(=O)Nc3cccc(C(C)C)c3)CC2)c1. The molecule has 0 bridgehead atoms. The van der Waals surface area contributed by atoms with Gasteiger partial charge in [-0.15, -0.1) is 0 Å². The fraction of sp³-hybridized carbons (Fsp3) is 0.409. The third-order valence-electron chi connectivity index (χ3n) is 5.00. The van der Waals surface area contributed by atoms with Crippen LogP contribution in [-0.2, 0) is 4.79 Å². The maximum atomic E-state index is 12.4. The topological polar surface area (TPSA) is 44.8 Å². The number of hydrogen-bond acceptors (Lipinski definition) is 4. The molecule has 3 rings (SSSR count). The Hall–Kier alpha value is -2.53. The molecule has 0 unspecified atom stereocenters. The summed E-state index contributed by atoms with van der Waals surface area (Å²) in [6.07, 6.45) is 0. The molecule has 0 aromatic heterocycles. The second-order valence-corrected chi connectivity index (χ2v) is 7.29. The molecule has 0 aliphatic carbocycles. The Morgan fingerprint density at radius 3 is 2.52 bits per heavy atom. The van der Waals surface area contributed by atoms with Crippen LogP contribution in [0, 0.1) is 0 Å². The molecule has 2 aromatic rings. The molecule has 1 N–H and O–H groups in total. The van der Waals surface area contributed by atoms with E-state index in [0.717, 1.165) is 37.6 Å². The highest BCUT2D eigenvalue weighted by atomic mass is 16.5. The number of amides is 1. The monoisotopic (exact) mass is 367 g/mol. The number of rotatable bonds is 6. The summed E-state index contributed by atoms with van der Waals surface area (Å²) in [6.45, 7) is 8.29. The van der Waals surface area contributed by atoms with Gasteiger partial charge >= 0.3 is 0 Å². The summed E-state index contributed by atoms with van der Waals surface area (Å²) in [6, 6.07) is 16.2. The van der Waals surface area contributed by atoms with Crippen molar-refractivity contribution in [2.45, 2.75) is 19.8 Å². The van der Waals surface area contributed by atoms with Crippen molar-refractivity contribution in [2.24, 2.45) is 0 Å². The standard InChI is InChI=1S/C22H29N3O2/c1-17(2)18-6-4-7-19(14-18)23-22(26)16-24-10-12-25(13-11-24)20-8-5-9-21(15-20)27-3/h4-9,14-15,17H,10-13,16H2,1-3H3,(H,23,26). The van der Waals surface area contributed by atoms with Gasteiger partial charge in [0.05, 0.1) is 13.7 Å². The van der Waals surface area contributed by atoms with E-state index in [-0.39, 0.29) is 5.91 Å². The number of nitrogens with one attached hydrogen (secondary N) is 1. The van der Waals surface area contributed by atoms with E-state index in [0.29, 0.717) is 12.5 Å². The maximum absolute atomic E-state index is 12.4. The van der Waals surface area contributed by atoms with E-state index in [1.165, 1.54) is 11.3 Å². The smallest absolute Gasteiger partial charge is 0.238 e. The Morgan fingerprint density at radius 2 is 1.81 bits per heavy atom. The molecule has 0 radical (unpaired) electrons. The molecule has 0 saturated carbocycles. The molecule has 1 fully saturated rings. The van der Waals surface area contributed by atoms with Crippen LogP contribution < -0.4 is 15.0 Å². The van der Waals surface area contributed by atoms with Crippen molar-refractivity contribution in [1.29, 1.82) is 0 Å². The molecule has 0 atom stereocenters. The highest BCUT2D eigenvalue weighted by molar-refractivity contribution is 5.92. The fourth-order valence-electron chi connectivity index (χ4n) is 3.35. The van der Waals surface area contributed by atoms with Crippen molar-refractivity contribution < 1.29 is 9.53 Å². The Morgan fingerprint density at radius 1 is 1.07 bits per heavy atom. The zero-order valence-corrected chi connectivity index (χ0v) is 16.4. The van der Waals surface area contributed by atoms with Gasteiger partial charge in [-0.25, -0.2) is 0 Å². The highest BCUT2D eigenvalue weighted by Crippen LogP contribution is 2.22. The lowest BCUT2D eigenvalue weighted by Gasteiger charge is -2.35. The Labute approximate surface area is 161 Å². The second-order valence-electron chi connectivity index (χ2n) is 7.29. The first kappa shape index (κ1) is 19.2. The number of ether oxygens (including phenoxy) is 1. The highest BCUT2D eigenvalue weighted by Gasteiger charge is 2.19. The molecule has 144 valence electrons. The molecule has 0 spiro atoms. The molecule has 1 amide bonds. The maximum Gasteiger partial charge on any atom is 0.238 e. The Kier molecular flexibility index (Phi) is 6.35. The van der Waals surface area contributed by atoms with Gasteiger partial charge in [0, 0.05) is 43.6 Å². The average molecular weight is 367 g/mol. The van der Waals surface area contributed by atoms with Crippen LogP contribution in [0.15, 0.2) is 48.5 Å². The van der Waals surface area contributed by atoms with Gasteiger partial charge in [-0.2, -0.15) is 0 Å². The summed E-state index contributed by atoms with van der Waals surface area (Å²) in [7, 11) is 1.69. The third kappa shape index (κ3) is 5.23. The van der Waals surface area contributed by atoms with Crippen LogP contribution in [-0.4, -0.2) is 50.6 Å². The number of carbonyl (C=O) groups is 1.